The van der Waals surface area contributed by atoms with Crippen LogP contribution in [0.15, 0.2) is 41.7 Å². The predicted octanol–water partition coefficient (Wildman–Crippen LogP) is 4.15. The lowest BCUT2D eigenvalue weighted by Crippen LogP contribution is -2.23. The summed E-state index contributed by atoms with van der Waals surface area (Å²) < 4.78 is 32.0. The third kappa shape index (κ3) is 4.26. The minimum Gasteiger partial charge on any atom is -0.367 e. The number of nitrogens with one attached hydrogen (secondary N) is 2. The van der Waals surface area contributed by atoms with Crippen molar-refractivity contribution >= 4 is 5.82 Å². The van der Waals surface area contributed by atoms with Gasteiger partial charge in [-0.15, -0.1) is 0 Å². The van der Waals surface area contributed by atoms with Crippen LogP contribution < -0.4 is 11.0 Å². The minimum absolute atomic E-state index is 0.0873. The largest absolute Gasteiger partial charge is 0.367 e. The van der Waals surface area contributed by atoms with E-state index in [4.69, 9.17) is 0 Å². The third-order valence-corrected chi connectivity index (χ3v) is 5.50. The van der Waals surface area contributed by atoms with Gasteiger partial charge in [-0.05, 0) is 31.4 Å². The van der Waals surface area contributed by atoms with Crippen LogP contribution in [0, 0.1) is 11.6 Å². The second-order valence-corrected chi connectivity index (χ2v) is 7.54. The van der Waals surface area contributed by atoms with Crippen molar-refractivity contribution in [1.82, 2.24) is 19.1 Å². The number of rotatable bonds is 7. The highest BCUT2D eigenvalue weighted by Crippen LogP contribution is 2.31. The van der Waals surface area contributed by atoms with E-state index in [0.717, 1.165) is 31.7 Å². The summed E-state index contributed by atoms with van der Waals surface area (Å²) in [6, 6.07) is 4.28. The Labute approximate surface area is 167 Å². The lowest BCUT2D eigenvalue weighted by molar-refractivity contribution is 0.462. The quantitative estimate of drug-likeness (QED) is 0.625. The molecule has 1 aromatic carbocycles. The highest BCUT2D eigenvalue weighted by molar-refractivity contribution is 5.73. The zero-order valence-electron chi connectivity index (χ0n) is 16.2. The van der Waals surface area contributed by atoms with Gasteiger partial charge in [-0.25, -0.2) is 18.6 Å². The Bertz CT molecular complexity index is 1000. The number of H-pyrrole nitrogens is 1. The van der Waals surface area contributed by atoms with Crippen molar-refractivity contribution in [3.8, 4) is 11.3 Å². The van der Waals surface area contributed by atoms with Crippen LogP contribution in [0.3, 0.4) is 0 Å². The summed E-state index contributed by atoms with van der Waals surface area (Å²) in [5, 5.41) is 3.38. The van der Waals surface area contributed by atoms with Crippen LogP contribution in [0.4, 0.5) is 14.6 Å². The maximum atomic E-state index is 14.6. The van der Waals surface area contributed by atoms with Gasteiger partial charge in [0.25, 0.3) is 0 Å². The Hall–Kier alpha value is -2.90. The number of imidazole rings is 2. The van der Waals surface area contributed by atoms with Crippen LogP contribution in [-0.2, 0) is 13.1 Å². The average molecular weight is 401 g/mol. The van der Waals surface area contributed by atoms with Crippen LogP contribution in [0.5, 0.6) is 0 Å². The summed E-state index contributed by atoms with van der Waals surface area (Å²) in [6.07, 6.45) is 11.4. The molecule has 29 heavy (non-hydrogen) atoms. The van der Waals surface area contributed by atoms with Gasteiger partial charge >= 0.3 is 5.69 Å². The van der Waals surface area contributed by atoms with Gasteiger partial charge in [0.1, 0.15) is 5.82 Å². The van der Waals surface area contributed by atoms with Gasteiger partial charge in [-0.2, -0.15) is 0 Å². The topological polar surface area (TPSA) is 67.6 Å². The van der Waals surface area contributed by atoms with E-state index in [9.17, 15) is 13.6 Å². The van der Waals surface area contributed by atoms with E-state index in [-0.39, 0.29) is 17.3 Å². The van der Waals surface area contributed by atoms with Gasteiger partial charge in [0.05, 0.1) is 12.0 Å². The van der Waals surface area contributed by atoms with Gasteiger partial charge < -0.3 is 9.88 Å². The van der Waals surface area contributed by atoms with E-state index in [1.54, 1.807) is 12.5 Å². The second-order valence-electron chi connectivity index (χ2n) is 7.54. The molecule has 2 N–H and O–H groups in total. The van der Waals surface area contributed by atoms with Crippen molar-refractivity contribution < 1.29 is 8.78 Å². The standard InChI is InChI=1S/C21H25F2N5O/c22-17-9-4-8-16(18(17)23)19-20(25-15-6-2-1-3-7-15)26-21(29)28(19)12-5-11-27-13-10-24-14-27/h4,8-10,13-15,25H,1-3,5-7,11-12H2,(H,26,29). The molecule has 0 atom stereocenters. The SMILES string of the molecule is O=c1[nH]c(NC2CCCCC2)c(-c2cccc(F)c2F)n1CCCn1ccnc1. The molecule has 2 heterocycles. The Morgan fingerprint density at radius 2 is 2.00 bits per heavy atom. The molecule has 1 aliphatic rings. The first-order chi connectivity index (χ1) is 14.1. The van der Waals surface area contributed by atoms with E-state index >= 15 is 0 Å². The molecular formula is C21H25F2N5O. The Morgan fingerprint density at radius 3 is 2.76 bits per heavy atom. The molecule has 0 aliphatic heterocycles. The zero-order valence-corrected chi connectivity index (χ0v) is 16.2. The molecule has 0 saturated heterocycles. The average Bonchev–Trinajstić information content (AvgIpc) is 3.34. The maximum Gasteiger partial charge on any atom is 0.327 e. The highest BCUT2D eigenvalue weighted by atomic mass is 19.2. The lowest BCUT2D eigenvalue weighted by Gasteiger charge is -2.24. The summed E-state index contributed by atoms with van der Waals surface area (Å²) in [7, 11) is 0. The van der Waals surface area contributed by atoms with Gasteiger partial charge in [0.15, 0.2) is 11.6 Å². The molecular weight excluding hydrogens is 376 g/mol. The van der Waals surface area contributed by atoms with Crippen molar-refractivity contribution in [1.29, 1.82) is 0 Å². The van der Waals surface area contributed by atoms with Gasteiger partial charge in [0, 0.05) is 37.1 Å². The summed E-state index contributed by atoms with van der Waals surface area (Å²) in [5.41, 5.74) is 0.139. The smallest absolute Gasteiger partial charge is 0.327 e. The van der Waals surface area contributed by atoms with Crippen molar-refractivity contribution in [2.75, 3.05) is 5.32 Å². The number of aromatic nitrogens is 4. The molecule has 154 valence electrons. The first-order valence-corrected chi connectivity index (χ1v) is 10.1. The molecule has 0 amide bonds. The molecule has 1 saturated carbocycles. The first kappa shape index (κ1) is 19.4. The normalized spacial score (nSPS) is 15.0. The van der Waals surface area contributed by atoms with Crippen LogP contribution in [0.25, 0.3) is 11.3 Å². The Morgan fingerprint density at radius 1 is 1.17 bits per heavy atom. The fraction of sp³-hybridized carbons (Fsp3) is 0.429. The van der Waals surface area contributed by atoms with E-state index < -0.39 is 11.6 Å². The van der Waals surface area contributed by atoms with E-state index in [0.29, 0.717) is 31.0 Å². The fourth-order valence-electron chi connectivity index (χ4n) is 4.04. The molecule has 4 rings (SSSR count). The molecule has 1 aliphatic carbocycles. The molecule has 2 aromatic heterocycles. The van der Waals surface area contributed by atoms with Crippen molar-refractivity contribution in [2.45, 2.75) is 57.7 Å². The van der Waals surface area contributed by atoms with Gasteiger partial charge in [-0.3, -0.25) is 9.55 Å². The lowest BCUT2D eigenvalue weighted by atomic mass is 9.95. The summed E-state index contributed by atoms with van der Waals surface area (Å²) in [6.45, 7) is 1.05. The number of anilines is 1. The molecule has 0 spiro atoms. The maximum absolute atomic E-state index is 14.6. The predicted molar refractivity (Wildman–Crippen MR) is 108 cm³/mol. The minimum atomic E-state index is -0.943. The molecule has 6 nitrogen and oxygen atoms in total. The number of hydrogen-bond donors (Lipinski definition) is 2. The van der Waals surface area contributed by atoms with Gasteiger partial charge in [0.2, 0.25) is 0 Å². The van der Waals surface area contributed by atoms with E-state index in [2.05, 4.69) is 15.3 Å². The summed E-state index contributed by atoms with van der Waals surface area (Å²) >= 11 is 0. The van der Waals surface area contributed by atoms with Crippen LogP contribution in [0.2, 0.25) is 0 Å². The molecule has 0 unspecified atom stereocenters. The second kappa shape index (κ2) is 8.63. The fourth-order valence-corrected chi connectivity index (χ4v) is 4.04. The Balaban J connectivity index is 1.67. The van der Waals surface area contributed by atoms with Crippen molar-refractivity contribution in [3.05, 3.63) is 59.0 Å². The van der Waals surface area contributed by atoms with Crippen LogP contribution in [-0.4, -0.2) is 25.1 Å². The number of aryl methyl sites for hydroxylation is 1. The Kier molecular flexibility index (Phi) is 5.78. The number of aromatic amines is 1. The molecule has 0 radical (unpaired) electrons. The monoisotopic (exact) mass is 401 g/mol. The molecule has 8 heteroatoms. The van der Waals surface area contributed by atoms with Crippen LogP contribution in [0.1, 0.15) is 38.5 Å². The zero-order chi connectivity index (χ0) is 20.2. The number of nitrogens with zero attached hydrogens (tertiary/aromatic N) is 3. The van der Waals surface area contributed by atoms with Gasteiger partial charge in [-0.1, -0.05) is 25.3 Å². The first-order valence-electron chi connectivity index (χ1n) is 10.1. The molecule has 1 fully saturated rings. The number of halogens is 2. The van der Waals surface area contributed by atoms with E-state index in [1.165, 1.54) is 23.1 Å². The number of hydrogen-bond acceptors (Lipinski definition) is 3. The summed E-state index contributed by atoms with van der Waals surface area (Å²) in [4.78, 5) is 19.5. The van der Waals surface area contributed by atoms with E-state index in [1.807, 2.05) is 10.8 Å². The highest BCUT2D eigenvalue weighted by Gasteiger charge is 2.23. The van der Waals surface area contributed by atoms with Crippen LogP contribution >= 0.6 is 0 Å². The summed E-state index contributed by atoms with van der Waals surface area (Å²) in [5.74, 6) is -1.40. The molecule has 3 aromatic rings. The van der Waals surface area contributed by atoms with Crippen molar-refractivity contribution in [3.63, 3.8) is 0 Å². The third-order valence-electron chi connectivity index (χ3n) is 5.50. The molecule has 0 bridgehead atoms. The number of benzene rings is 1. The van der Waals surface area contributed by atoms with Crippen molar-refractivity contribution in [2.24, 2.45) is 0 Å².